The molecule has 3 heterocycles. The third-order valence-electron chi connectivity index (χ3n) is 6.68. The van der Waals surface area contributed by atoms with E-state index in [0.717, 1.165) is 57.0 Å². The van der Waals surface area contributed by atoms with Gasteiger partial charge in [0.25, 0.3) is 0 Å². The molecule has 1 aromatic carbocycles. The van der Waals surface area contributed by atoms with Crippen LogP contribution >= 0.6 is 0 Å². The van der Waals surface area contributed by atoms with Gasteiger partial charge in [0.1, 0.15) is 5.75 Å². The summed E-state index contributed by atoms with van der Waals surface area (Å²) in [6.45, 7) is 5.44. The van der Waals surface area contributed by atoms with Gasteiger partial charge in [0.15, 0.2) is 0 Å². The zero-order valence-corrected chi connectivity index (χ0v) is 16.8. The summed E-state index contributed by atoms with van der Waals surface area (Å²) < 4.78 is 10.7. The van der Waals surface area contributed by atoms with Crippen LogP contribution in [-0.2, 0) is 14.3 Å². The lowest BCUT2D eigenvalue weighted by molar-refractivity contribution is -0.133. The summed E-state index contributed by atoms with van der Waals surface area (Å²) in [4.78, 5) is 29.2. The number of likely N-dealkylation sites (tertiary alicyclic amines) is 2. The lowest BCUT2D eigenvalue weighted by Crippen LogP contribution is -2.37. The normalized spacial score (nSPS) is 27.7. The highest BCUT2D eigenvalue weighted by Crippen LogP contribution is 2.45. The first kappa shape index (κ1) is 19.2. The molecule has 3 fully saturated rings. The van der Waals surface area contributed by atoms with Crippen LogP contribution in [0, 0.1) is 17.8 Å². The van der Waals surface area contributed by atoms with Crippen LogP contribution in [0.1, 0.15) is 37.8 Å². The van der Waals surface area contributed by atoms with Gasteiger partial charge in [-0.1, -0.05) is 12.1 Å². The summed E-state index contributed by atoms with van der Waals surface area (Å²) >= 11 is 0. The molecule has 0 N–H and O–H groups in total. The van der Waals surface area contributed by atoms with Crippen molar-refractivity contribution in [2.75, 3.05) is 40.0 Å². The zero-order chi connectivity index (χ0) is 19.7. The number of nitrogens with zero attached hydrogens (tertiary/aromatic N) is 2. The van der Waals surface area contributed by atoms with Crippen LogP contribution < -0.4 is 4.74 Å². The lowest BCUT2D eigenvalue weighted by atomic mass is 9.89. The number of rotatable bonds is 4. The van der Waals surface area contributed by atoms with E-state index in [4.69, 9.17) is 9.47 Å². The molecular weight excluding hydrogens is 356 g/mol. The average Bonchev–Trinajstić information content (AvgIpc) is 3.27. The first-order valence-electron chi connectivity index (χ1n) is 10.3. The SMILES string of the molecule is COc1ccc([C@H]2[C@@H]3CN(C(=O)CC4CCOCC4)C[C@@H]3CN2C(C)=O)cc1. The number of carbonyl (C=O) groups is 2. The third-order valence-corrected chi connectivity index (χ3v) is 6.68. The number of fused-ring (bicyclic) bond motifs is 1. The maximum absolute atomic E-state index is 12.9. The van der Waals surface area contributed by atoms with Crippen LogP contribution in [0.25, 0.3) is 0 Å². The number of methoxy groups -OCH3 is 1. The lowest BCUT2D eigenvalue weighted by Gasteiger charge is -2.30. The predicted molar refractivity (Wildman–Crippen MR) is 105 cm³/mol. The highest BCUT2D eigenvalue weighted by Gasteiger charge is 2.49. The molecule has 0 saturated carbocycles. The molecule has 2 amide bonds. The highest BCUT2D eigenvalue weighted by atomic mass is 16.5. The third kappa shape index (κ3) is 3.75. The Morgan fingerprint density at radius 3 is 2.46 bits per heavy atom. The van der Waals surface area contributed by atoms with E-state index in [1.807, 2.05) is 34.1 Å². The minimum absolute atomic E-state index is 0.0364. The maximum atomic E-state index is 12.9. The number of hydrogen-bond acceptors (Lipinski definition) is 4. The summed E-state index contributed by atoms with van der Waals surface area (Å²) in [5.41, 5.74) is 1.13. The molecule has 3 aliphatic heterocycles. The van der Waals surface area contributed by atoms with Gasteiger partial charge in [0.05, 0.1) is 13.2 Å². The molecule has 3 saturated heterocycles. The van der Waals surface area contributed by atoms with Gasteiger partial charge in [-0.25, -0.2) is 0 Å². The van der Waals surface area contributed by atoms with E-state index < -0.39 is 0 Å². The Labute approximate surface area is 166 Å². The fraction of sp³-hybridized carbons (Fsp3) is 0.636. The van der Waals surface area contributed by atoms with Crippen molar-refractivity contribution >= 4 is 11.8 Å². The second-order valence-corrected chi connectivity index (χ2v) is 8.37. The molecule has 0 unspecified atom stereocenters. The Morgan fingerprint density at radius 2 is 1.82 bits per heavy atom. The van der Waals surface area contributed by atoms with Crippen LogP contribution in [0.2, 0.25) is 0 Å². The Hall–Kier alpha value is -2.08. The first-order chi connectivity index (χ1) is 13.6. The Morgan fingerprint density at radius 1 is 1.11 bits per heavy atom. The van der Waals surface area contributed by atoms with E-state index in [2.05, 4.69) is 0 Å². The molecule has 0 bridgehead atoms. The predicted octanol–water partition coefficient (Wildman–Crippen LogP) is 2.49. The molecule has 28 heavy (non-hydrogen) atoms. The molecule has 6 nitrogen and oxygen atoms in total. The minimum Gasteiger partial charge on any atom is -0.497 e. The van der Waals surface area contributed by atoms with E-state index >= 15 is 0 Å². The molecule has 4 rings (SSSR count). The number of amides is 2. The number of hydrogen-bond donors (Lipinski definition) is 0. The van der Waals surface area contributed by atoms with E-state index in [0.29, 0.717) is 24.2 Å². The summed E-state index contributed by atoms with van der Waals surface area (Å²) in [6.07, 6.45) is 2.60. The maximum Gasteiger partial charge on any atom is 0.222 e. The molecule has 3 aliphatic rings. The van der Waals surface area contributed by atoms with Gasteiger partial charge >= 0.3 is 0 Å². The highest BCUT2D eigenvalue weighted by molar-refractivity contribution is 5.77. The van der Waals surface area contributed by atoms with Gasteiger partial charge in [-0.3, -0.25) is 9.59 Å². The quantitative estimate of drug-likeness (QED) is 0.798. The van der Waals surface area contributed by atoms with Gasteiger partial charge in [0, 0.05) is 58.0 Å². The zero-order valence-electron chi connectivity index (χ0n) is 16.8. The van der Waals surface area contributed by atoms with E-state index in [9.17, 15) is 9.59 Å². The second-order valence-electron chi connectivity index (χ2n) is 8.37. The van der Waals surface area contributed by atoms with Gasteiger partial charge in [-0.15, -0.1) is 0 Å². The van der Waals surface area contributed by atoms with Crippen molar-refractivity contribution in [2.24, 2.45) is 17.8 Å². The largest absolute Gasteiger partial charge is 0.497 e. The van der Waals surface area contributed by atoms with Gasteiger partial charge < -0.3 is 19.3 Å². The summed E-state index contributed by atoms with van der Waals surface area (Å²) in [5, 5.41) is 0. The molecule has 0 radical (unpaired) electrons. The molecule has 0 aromatic heterocycles. The first-order valence-corrected chi connectivity index (χ1v) is 10.3. The van der Waals surface area contributed by atoms with E-state index in [1.165, 1.54) is 0 Å². The Kier molecular flexibility index (Phi) is 5.58. The molecule has 6 heteroatoms. The van der Waals surface area contributed by atoms with Crippen LogP contribution in [0.5, 0.6) is 5.75 Å². The van der Waals surface area contributed by atoms with Crippen LogP contribution in [0.3, 0.4) is 0 Å². The molecule has 1 aromatic rings. The average molecular weight is 386 g/mol. The van der Waals surface area contributed by atoms with Crippen molar-refractivity contribution in [1.29, 1.82) is 0 Å². The minimum atomic E-state index is 0.0364. The number of benzene rings is 1. The molecule has 0 aliphatic carbocycles. The van der Waals surface area contributed by atoms with Gasteiger partial charge in [-0.2, -0.15) is 0 Å². The van der Waals surface area contributed by atoms with Crippen molar-refractivity contribution in [2.45, 2.75) is 32.2 Å². The molecule has 3 atom stereocenters. The Bertz CT molecular complexity index is 714. The van der Waals surface area contributed by atoms with Crippen LogP contribution in [0.15, 0.2) is 24.3 Å². The van der Waals surface area contributed by atoms with Crippen molar-refractivity contribution in [3.05, 3.63) is 29.8 Å². The monoisotopic (exact) mass is 386 g/mol. The topological polar surface area (TPSA) is 59.1 Å². The summed E-state index contributed by atoms with van der Waals surface area (Å²) in [6, 6.07) is 8.03. The summed E-state index contributed by atoms with van der Waals surface area (Å²) in [5.74, 6) is 2.30. The fourth-order valence-corrected chi connectivity index (χ4v) is 5.13. The van der Waals surface area contributed by atoms with Gasteiger partial charge in [0.2, 0.25) is 11.8 Å². The smallest absolute Gasteiger partial charge is 0.222 e. The molecular formula is C22H30N2O4. The van der Waals surface area contributed by atoms with Crippen molar-refractivity contribution in [3.63, 3.8) is 0 Å². The fourth-order valence-electron chi connectivity index (χ4n) is 5.13. The van der Waals surface area contributed by atoms with Crippen LogP contribution in [0.4, 0.5) is 0 Å². The molecule has 152 valence electrons. The van der Waals surface area contributed by atoms with Crippen molar-refractivity contribution < 1.29 is 19.1 Å². The summed E-state index contributed by atoms with van der Waals surface area (Å²) in [7, 11) is 1.65. The van der Waals surface area contributed by atoms with Crippen LogP contribution in [-0.4, -0.2) is 61.6 Å². The standard InChI is InChI=1S/C22H30N2O4/c1-15(25)24-13-18-12-23(21(26)11-16-7-9-28-10-8-16)14-20(18)22(24)17-3-5-19(27-2)6-4-17/h3-6,16,18,20,22H,7-14H2,1-2H3/t18-,20-,22+/m1/s1. The number of carbonyl (C=O) groups excluding carboxylic acids is 2. The molecule has 0 spiro atoms. The second kappa shape index (κ2) is 8.11. The van der Waals surface area contributed by atoms with Gasteiger partial charge in [-0.05, 0) is 36.5 Å². The Balaban J connectivity index is 1.47. The van der Waals surface area contributed by atoms with E-state index in [-0.39, 0.29) is 17.9 Å². The van der Waals surface area contributed by atoms with E-state index in [1.54, 1.807) is 14.0 Å². The number of ether oxygens (including phenoxy) is 2. The van der Waals surface area contributed by atoms with Crippen molar-refractivity contribution in [3.8, 4) is 5.75 Å². The van der Waals surface area contributed by atoms with Crippen molar-refractivity contribution in [1.82, 2.24) is 9.80 Å².